The van der Waals surface area contributed by atoms with Crippen LogP contribution in [0.15, 0.2) is 34.8 Å². The maximum absolute atomic E-state index is 12.2. The fraction of sp³-hybridized carbons (Fsp3) is 0.0714. The summed E-state index contributed by atoms with van der Waals surface area (Å²) in [5.74, 6) is -0.295. The fourth-order valence-corrected chi connectivity index (χ4v) is 2.87. The second-order valence-electron chi connectivity index (χ2n) is 4.16. The van der Waals surface area contributed by atoms with Gasteiger partial charge < -0.3 is 5.32 Å². The van der Waals surface area contributed by atoms with Gasteiger partial charge in [-0.3, -0.25) is 4.79 Å². The molecule has 0 saturated carbocycles. The van der Waals surface area contributed by atoms with Crippen molar-refractivity contribution in [3.63, 3.8) is 0 Å². The first kappa shape index (κ1) is 15.6. The van der Waals surface area contributed by atoms with E-state index in [0.29, 0.717) is 26.3 Å². The lowest BCUT2D eigenvalue weighted by atomic mass is 10.1. The Morgan fingerprint density at radius 2 is 1.70 bits per heavy atom. The third-order valence-electron chi connectivity index (χ3n) is 2.68. The molecule has 0 aliphatic rings. The van der Waals surface area contributed by atoms with Gasteiger partial charge in [-0.1, -0.05) is 56.8 Å². The molecule has 0 aliphatic carbocycles. The third-order valence-corrected chi connectivity index (χ3v) is 4.35. The van der Waals surface area contributed by atoms with E-state index in [-0.39, 0.29) is 5.91 Å². The zero-order chi connectivity index (χ0) is 14.9. The van der Waals surface area contributed by atoms with Crippen molar-refractivity contribution in [1.29, 1.82) is 0 Å². The highest BCUT2D eigenvalue weighted by atomic mass is 79.9. The first-order valence-electron chi connectivity index (χ1n) is 5.60. The van der Waals surface area contributed by atoms with E-state index in [1.807, 2.05) is 13.0 Å². The van der Waals surface area contributed by atoms with Crippen LogP contribution >= 0.6 is 50.7 Å². The van der Waals surface area contributed by atoms with Gasteiger partial charge in [0.1, 0.15) is 0 Å². The smallest absolute Gasteiger partial charge is 0.255 e. The van der Waals surface area contributed by atoms with Gasteiger partial charge in [-0.2, -0.15) is 0 Å². The van der Waals surface area contributed by atoms with Crippen LogP contribution in [0.2, 0.25) is 15.1 Å². The summed E-state index contributed by atoms with van der Waals surface area (Å²) in [5, 5.41) is 3.69. The first-order valence-corrected chi connectivity index (χ1v) is 7.53. The van der Waals surface area contributed by atoms with E-state index in [9.17, 15) is 4.79 Å². The number of benzene rings is 2. The largest absolute Gasteiger partial charge is 0.319 e. The lowest BCUT2D eigenvalue weighted by Crippen LogP contribution is -2.12. The molecule has 0 spiro atoms. The minimum absolute atomic E-state index is 0.294. The lowest BCUT2D eigenvalue weighted by Gasteiger charge is -2.10. The molecule has 0 heterocycles. The van der Waals surface area contributed by atoms with Crippen LogP contribution in [0.3, 0.4) is 0 Å². The van der Waals surface area contributed by atoms with Gasteiger partial charge in [-0.15, -0.1) is 0 Å². The molecule has 1 N–H and O–H groups in total. The lowest BCUT2D eigenvalue weighted by molar-refractivity contribution is 0.102. The maximum atomic E-state index is 12.2. The second-order valence-corrected chi connectivity index (χ2v) is 6.27. The average molecular weight is 393 g/mol. The van der Waals surface area contributed by atoms with E-state index in [1.165, 1.54) is 12.1 Å². The fourth-order valence-electron chi connectivity index (χ4n) is 1.58. The zero-order valence-electron chi connectivity index (χ0n) is 10.3. The zero-order valence-corrected chi connectivity index (χ0v) is 14.2. The van der Waals surface area contributed by atoms with Gasteiger partial charge in [0.05, 0.1) is 15.7 Å². The Morgan fingerprint density at radius 1 is 1.10 bits per heavy atom. The minimum atomic E-state index is -0.295. The number of aryl methyl sites for hydroxylation is 1. The number of amides is 1. The van der Waals surface area contributed by atoms with E-state index in [4.69, 9.17) is 34.8 Å². The molecule has 1 amide bonds. The quantitative estimate of drug-likeness (QED) is 0.669. The second kappa shape index (κ2) is 6.35. The standard InChI is InChI=1S/C14H9BrCl3NO/c1-7-2-3-8(4-10(7)15)14(20)19-13-11(17)5-9(16)6-12(13)18/h2-6H,1H3,(H,19,20). The van der Waals surface area contributed by atoms with Crippen LogP contribution in [-0.4, -0.2) is 5.91 Å². The van der Waals surface area contributed by atoms with E-state index >= 15 is 0 Å². The van der Waals surface area contributed by atoms with Crippen LogP contribution in [-0.2, 0) is 0 Å². The molecule has 6 heteroatoms. The van der Waals surface area contributed by atoms with Gasteiger partial charge in [-0.05, 0) is 36.8 Å². The van der Waals surface area contributed by atoms with Crippen molar-refractivity contribution in [2.75, 3.05) is 5.32 Å². The molecule has 0 fully saturated rings. The number of anilines is 1. The molecule has 0 atom stereocenters. The monoisotopic (exact) mass is 391 g/mol. The van der Waals surface area contributed by atoms with Crippen molar-refractivity contribution in [2.45, 2.75) is 6.92 Å². The Bertz CT molecular complexity index is 665. The first-order chi connectivity index (χ1) is 9.38. The van der Waals surface area contributed by atoms with Crippen LogP contribution < -0.4 is 5.32 Å². The topological polar surface area (TPSA) is 29.1 Å². The minimum Gasteiger partial charge on any atom is -0.319 e. The van der Waals surface area contributed by atoms with Crippen molar-refractivity contribution >= 4 is 62.3 Å². The van der Waals surface area contributed by atoms with Crippen LogP contribution in [0.5, 0.6) is 0 Å². The maximum Gasteiger partial charge on any atom is 0.255 e. The van der Waals surface area contributed by atoms with Gasteiger partial charge in [-0.25, -0.2) is 0 Å². The summed E-state index contributed by atoms with van der Waals surface area (Å²) in [5.41, 5.74) is 1.90. The predicted octanol–water partition coefficient (Wildman–Crippen LogP) is 5.97. The van der Waals surface area contributed by atoms with E-state index in [0.717, 1.165) is 10.0 Å². The Labute approximate surface area is 140 Å². The van der Waals surface area contributed by atoms with Crippen molar-refractivity contribution in [3.8, 4) is 0 Å². The molecule has 2 aromatic carbocycles. The van der Waals surface area contributed by atoms with Gasteiger partial charge in [0.25, 0.3) is 5.91 Å². The molecule has 20 heavy (non-hydrogen) atoms. The molecule has 0 saturated heterocycles. The summed E-state index contributed by atoms with van der Waals surface area (Å²) in [4.78, 5) is 12.2. The van der Waals surface area contributed by atoms with Gasteiger partial charge in [0.15, 0.2) is 0 Å². The molecule has 2 aromatic rings. The average Bonchev–Trinajstić information content (AvgIpc) is 2.36. The molecule has 0 aromatic heterocycles. The van der Waals surface area contributed by atoms with E-state index < -0.39 is 0 Å². The highest BCUT2D eigenvalue weighted by Gasteiger charge is 2.13. The van der Waals surface area contributed by atoms with Crippen molar-refractivity contribution < 1.29 is 4.79 Å². The van der Waals surface area contributed by atoms with Crippen LogP contribution in [0.4, 0.5) is 5.69 Å². The molecular formula is C14H9BrCl3NO. The Balaban J connectivity index is 2.30. The number of carbonyl (C=O) groups excluding carboxylic acids is 1. The van der Waals surface area contributed by atoms with Crippen molar-refractivity contribution in [1.82, 2.24) is 0 Å². The highest BCUT2D eigenvalue weighted by molar-refractivity contribution is 9.10. The van der Waals surface area contributed by atoms with Crippen LogP contribution in [0.25, 0.3) is 0 Å². The van der Waals surface area contributed by atoms with E-state index in [1.54, 1.807) is 12.1 Å². The van der Waals surface area contributed by atoms with Gasteiger partial charge >= 0.3 is 0 Å². The number of halogens is 4. The summed E-state index contributed by atoms with van der Waals surface area (Å²) < 4.78 is 0.860. The van der Waals surface area contributed by atoms with Crippen molar-refractivity contribution in [3.05, 3.63) is 61.0 Å². The predicted molar refractivity (Wildman–Crippen MR) is 88.3 cm³/mol. The third kappa shape index (κ3) is 3.47. The molecule has 0 radical (unpaired) electrons. The number of hydrogen-bond acceptors (Lipinski definition) is 1. The number of rotatable bonds is 2. The van der Waals surface area contributed by atoms with Gasteiger partial charge in [0, 0.05) is 15.1 Å². The normalized spacial score (nSPS) is 10.4. The summed E-state index contributed by atoms with van der Waals surface area (Å²) in [6.45, 7) is 1.94. The molecule has 0 aliphatic heterocycles. The summed E-state index contributed by atoms with van der Waals surface area (Å²) >= 11 is 21.3. The van der Waals surface area contributed by atoms with Crippen LogP contribution in [0, 0.1) is 6.92 Å². The Morgan fingerprint density at radius 3 is 2.25 bits per heavy atom. The SMILES string of the molecule is Cc1ccc(C(=O)Nc2c(Cl)cc(Cl)cc2Cl)cc1Br. The molecule has 104 valence electrons. The molecule has 0 bridgehead atoms. The highest BCUT2D eigenvalue weighted by Crippen LogP contribution is 2.34. The van der Waals surface area contributed by atoms with Gasteiger partial charge in [0.2, 0.25) is 0 Å². The Hall–Kier alpha value is -0.740. The summed E-state index contributed by atoms with van der Waals surface area (Å²) in [6.07, 6.45) is 0. The summed E-state index contributed by atoms with van der Waals surface area (Å²) in [6, 6.07) is 8.37. The van der Waals surface area contributed by atoms with E-state index in [2.05, 4.69) is 21.2 Å². The molecular weight excluding hydrogens is 384 g/mol. The Kier molecular flexibility index (Phi) is 4.97. The molecule has 2 rings (SSSR count). The number of hydrogen-bond donors (Lipinski definition) is 1. The number of nitrogens with one attached hydrogen (secondary N) is 1. The van der Waals surface area contributed by atoms with Crippen molar-refractivity contribution in [2.24, 2.45) is 0 Å². The summed E-state index contributed by atoms with van der Waals surface area (Å²) in [7, 11) is 0. The molecule has 0 unspecified atom stereocenters. The molecule has 2 nitrogen and oxygen atoms in total. The van der Waals surface area contributed by atoms with Crippen LogP contribution in [0.1, 0.15) is 15.9 Å². The number of carbonyl (C=O) groups is 1.